The van der Waals surface area contributed by atoms with E-state index in [9.17, 15) is 15.3 Å². The van der Waals surface area contributed by atoms with Gasteiger partial charge in [0.25, 0.3) is 0 Å². The van der Waals surface area contributed by atoms with Crippen molar-refractivity contribution in [3.05, 3.63) is 47.2 Å². The van der Waals surface area contributed by atoms with Crippen molar-refractivity contribution < 1.29 is 29.5 Å². The van der Waals surface area contributed by atoms with Gasteiger partial charge in [-0.1, -0.05) is 25.0 Å². The third-order valence-electron chi connectivity index (χ3n) is 6.34. The quantitative estimate of drug-likeness (QED) is 0.279. The van der Waals surface area contributed by atoms with Gasteiger partial charge < -0.3 is 34.8 Å². The minimum Gasteiger partial charge on any atom is -0.508 e. The zero-order chi connectivity index (χ0) is 23.4. The number of hydrogen-bond acceptors (Lipinski definition) is 7. The van der Waals surface area contributed by atoms with E-state index >= 15 is 0 Å². The first kappa shape index (κ1) is 25.6. The second kappa shape index (κ2) is 13.6. The normalized spacial score (nSPS) is 19.5. The first-order chi connectivity index (χ1) is 16.2. The van der Waals surface area contributed by atoms with Gasteiger partial charge in [0.2, 0.25) is 6.79 Å². The molecule has 1 atom stereocenters. The van der Waals surface area contributed by atoms with Gasteiger partial charge in [-0.15, -0.1) is 0 Å². The highest BCUT2D eigenvalue weighted by molar-refractivity contribution is 5.44. The van der Waals surface area contributed by atoms with Crippen molar-refractivity contribution in [2.45, 2.75) is 51.4 Å². The Balaban J connectivity index is 1.13. The Morgan fingerprint density at radius 2 is 1.76 bits per heavy atom. The largest absolute Gasteiger partial charge is 0.508 e. The SMILES string of the molecule is OCC1=C(O)C=CC(CO)(CNCCCCCCOCCCCc2ccc3c(c2)OCO3)C1. The second-order valence-electron chi connectivity index (χ2n) is 9.03. The Morgan fingerprint density at radius 1 is 0.970 bits per heavy atom. The molecule has 184 valence electrons. The summed E-state index contributed by atoms with van der Waals surface area (Å²) in [6.45, 7) is 3.27. The van der Waals surface area contributed by atoms with Gasteiger partial charge in [0.05, 0.1) is 13.2 Å². The van der Waals surface area contributed by atoms with Gasteiger partial charge in [-0.2, -0.15) is 0 Å². The molecule has 7 heteroatoms. The fourth-order valence-corrected chi connectivity index (χ4v) is 4.25. The number of nitrogens with one attached hydrogen (secondary N) is 1. The molecule has 3 rings (SSSR count). The number of fused-ring (bicyclic) bond motifs is 1. The molecule has 0 aromatic heterocycles. The van der Waals surface area contributed by atoms with Crippen molar-refractivity contribution in [3.63, 3.8) is 0 Å². The highest BCUT2D eigenvalue weighted by atomic mass is 16.7. The zero-order valence-corrected chi connectivity index (χ0v) is 19.6. The first-order valence-electron chi connectivity index (χ1n) is 12.1. The summed E-state index contributed by atoms with van der Waals surface area (Å²) in [6.07, 6.45) is 11.5. The van der Waals surface area contributed by atoms with Crippen LogP contribution in [0.3, 0.4) is 0 Å². The number of allylic oxidation sites excluding steroid dienone is 1. The summed E-state index contributed by atoms with van der Waals surface area (Å²) in [4.78, 5) is 0. The molecule has 1 aromatic rings. The number of unbranched alkanes of at least 4 members (excludes halogenated alkanes) is 4. The molecule has 1 heterocycles. The van der Waals surface area contributed by atoms with E-state index in [1.165, 1.54) is 5.56 Å². The van der Waals surface area contributed by atoms with E-state index in [-0.39, 0.29) is 19.0 Å². The van der Waals surface area contributed by atoms with Crippen LogP contribution in [0, 0.1) is 5.41 Å². The molecule has 0 radical (unpaired) electrons. The van der Waals surface area contributed by atoms with Gasteiger partial charge in [0, 0.05) is 25.2 Å². The van der Waals surface area contributed by atoms with Gasteiger partial charge in [-0.05, 0) is 74.4 Å². The van der Waals surface area contributed by atoms with E-state index in [2.05, 4.69) is 17.4 Å². The summed E-state index contributed by atoms with van der Waals surface area (Å²) in [7, 11) is 0. The maximum absolute atomic E-state index is 9.81. The predicted molar refractivity (Wildman–Crippen MR) is 128 cm³/mol. The number of aliphatic hydroxyl groups is 3. The lowest BCUT2D eigenvalue weighted by Crippen LogP contribution is -2.38. The van der Waals surface area contributed by atoms with Crippen LogP contribution in [0.2, 0.25) is 0 Å². The highest BCUT2D eigenvalue weighted by Crippen LogP contribution is 2.33. The molecule has 0 spiro atoms. The molecular weight excluding hydrogens is 422 g/mol. The molecule has 0 saturated carbocycles. The van der Waals surface area contributed by atoms with Gasteiger partial charge >= 0.3 is 0 Å². The smallest absolute Gasteiger partial charge is 0.231 e. The molecule has 2 aliphatic rings. The van der Waals surface area contributed by atoms with E-state index in [1.807, 2.05) is 12.1 Å². The summed E-state index contributed by atoms with van der Waals surface area (Å²) in [5, 5.41) is 32.3. The van der Waals surface area contributed by atoms with E-state index < -0.39 is 5.41 Å². The fraction of sp³-hybridized carbons (Fsp3) is 0.615. The number of rotatable bonds is 16. The van der Waals surface area contributed by atoms with Crippen molar-refractivity contribution >= 4 is 0 Å². The highest BCUT2D eigenvalue weighted by Gasteiger charge is 2.31. The standard InChI is InChI=1S/C26H39NO6/c28-17-22-16-26(19-29,11-10-23(22)30)18-27-12-4-1-2-5-13-31-14-6-3-7-21-8-9-24-25(15-21)33-20-32-24/h8-11,15,27-30H,1-7,12-14,16-20H2. The fourth-order valence-electron chi connectivity index (χ4n) is 4.25. The number of hydrogen-bond donors (Lipinski definition) is 4. The molecular formula is C26H39NO6. The van der Waals surface area contributed by atoms with E-state index in [4.69, 9.17) is 14.2 Å². The van der Waals surface area contributed by atoms with Crippen LogP contribution in [0.5, 0.6) is 11.5 Å². The number of aliphatic hydroxyl groups excluding tert-OH is 3. The predicted octanol–water partition coefficient (Wildman–Crippen LogP) is 3.65. The van der Waals surface area contributed by atoms with Gasteiger partial charge in [0.15, 0.2) is 11.5 Å². The van der Waals surface area contributed by atoms with Crippen LogP contribution in [0.25, 0.3) is 0 Å². The third kappa shape index (κ3) is 8.03. The van der Waals surface area contributed by atoms with Crippen molar-refractivity contribution in [1.29, 1.82) is 0 Å². The first-order valence-corrected chi connectivity index (χ1v) is 12.1. The summed E-state index contributed by atoms with van der Waals surface area (Å²) in [6, 6.07) is 6.16. The van der Waals surface area contributed by atoms with Gasteiger partial charge in [0.1, 0.15) is 5.76 Å². The Bertz CT molecular complexity index is 793. The zero-order valence-electron chi connectivity index (χ0n) is 19.6. The molecule has 0 fully saturated rings. The third-order valence-corrected chi connectivity index (χ3v) is 6.34. The van der Waals surface area contributed by atoms with E-state index in [0.29, 0.717) is 25.3 Å². The Labute approximate surface area is 197 Å². The lowest BCUT2D eigenvalue weighted by Gasteiger charge is -2.32. The monoisotopic (exact) mass is 461 g/mol. The van der Waals surface area contributed by atoms with Crippen LogP contribution in [-0.4, -0.2) is 61.6 Å². The molecule has 0 amide bonds. The summed E-state index contributed by atoms with van der Waals surface area (Å²) in [5.41, 5.74) is 1.42. The van der Waals surface area contributed by atoms with Crippen LogP contribution in [0.4, 0.5) is 0 Å². The Hall–Kier alpha value is -2.06. The average molecular weight is 462 g/mol. The van der Waals surface area contributed by atoms with Crippen LogP contribution in [-0.2, 0) is 11.2 Å². The van der Waals surface area contributed by atoms with Crippen molar-refractivity contribution in [3.8, 4) is 11.5 Å². The average Bonchev–Trinajstić information content (AvgIpc) is 3.31. The molecule has 4 N–H and O–H groups in total. The van der Waals surface area contributed by atoms with Crippen LogP contribution in [0.15, 0.2) is 41.7 Å². The molecule has 1 aliphatic carbocycles. The molecule has 1 unspecified atom stereocenters. The molecule has 1 aromatic carbocycles. The molecule has 0 saturated heterocycles. The van der Waals surface area contributed by atoms with E-state index in [1.54, 1.807) is 6.08 Å². The van der Waals surface area contributed by atoms with Crippen LogP contribution in [0.1, 0.15) is 50.5 Å². The maximum atomic E-state index is 9.81. The van der Waals surface area contributed by atoms with Crippen molar-refractivity contribution in [1.82, 2.24) is 5.32 Å². The maximum Gasteiger partial charge on any atom is 0.231 e. The summed E-state index contributed by atoms with van der Waals surface area (Å²) >= 11 is 0. The molecule has 33 heavy (non-hydrogen) atoms. The molecule has 0 bridgehead atoms. The Kier molecular flexibility index (Phi) is 10.5. The van der Waals surface area contributed by atoms with Crippen LogP contribution >= 0.6 is 0 Å². The minimum absolute atomic E-state index is 0.0126. The number of benzene rings is 1. The Morgan fingerprint density at radius 3 is 2.58 bits per heavy atom. The molecule has 7 nitrogen and oxygen atoms in total. The second-order valence-corrected chi connectivity index (χ2v) is 9.03. The topological polar surface area (TPSA) is 100 Å². The lowest BCUT2D eigenvalue weighted by atomic mass is 9.78. The summed E-state index contributed by atoms with van der Waals surface area (Å²) in [5.74, 6) is 1.81. The summed E-state index contributed by atoms with van der Waals surface area (Å²) < 4.78 is 16.5. The minimum atomic E-state index is -0.444. The van der Waals surface area contributed by atoms with Gasteiger partial charge in [-0.25, -0.2) is 0 Å². The van der Waals surface area contributed by atoms with Crippen LogP contribution < -0.4 is 14.8 Å². The molecule has 1 aliphatic heterocycles. The van der Waals surface area contributed by atoms with Crippen molar-refractivity contribution in [2.75, 3.05) is 46.3 Å². The number of ether oxygens (including phenoxy) is 3. The van der Waals surface area contributed by atoms with Crippen molar-refractivity contribution in [2.24, 2.45) is 5.41 Å². The lowest BCUT2D eigenvalue weighted by molar-refractivity contribution is 0.126. The van der Waals surface area contributed by atoms with E-state index in [0.717, 1.165) is 76.2 Å². The number of aryl methyl sites for hydroxylation is 1. The van der Waals surface area contributed by atoms with Gasteiger partial charge in [-0.3, -0.25) is 0 Å².